The minimum atomic E-state index is 0.693. The van der Waals surface area contributed by atoms with Crippen LogP contribution in [-0.4, -0.2) is 35.5 Å². The minimum Gasteiger partial charge on any atom is -0.317 e. The fourth-order valence-corrected chi connectivity index (χ4v) is 2.22. The Kier molecular flexibility index (Phi) is 4.36. The Morgan fingerprint density at radius 1 is 1.50 bits per heavy atom. The van der Waals surface area contributed by atoms with Gasteiger partial charge in [0.05, 0.1) is 5.69 Å². The van der Waals surface area contributed by atoms with Gasteiger partial charge in [-0.15, -0.1) is 0 Å². The number of rotatable bonds is 4. The predicted octanol–water partition coefficient (Wildman–Crippen LogP) is 0.694. The summed E-state index contributed by atoms with van der Waals surface area (Å²) in [6.45, 7) is 3.38. The molecule has 1 saturated heterocycles. The molecule has 1 fully saturated rings. The lowest BCUT2D eigenvalue weighted by Crippen LogP contribution is -2.31. The SMILES string of the molecule is Cn1ccc(CCNC2CCCNCC2)n1. The molecule has 4 nitrogen and oxygen atoms in total. The van der Waals surface area contributed by atoms with Crippen molar-refractivity contribution < 1.29 is 0 Å². The molecular formula is C12H22N4. The first-order valence-corrected chi connectivity index (χ1v) is 6.27. The Hall–Kier alpha value is -0.870. The number of nitrogens with zero attached hydrogens (tertiary/aromatic N) is 2. The molecule has 4 heteroatoms. The summed E-state index contributed by atoms with van der Waals surface area (Å²) in [4.78, 5) is 0. The van der Waals surface area contributed by atoms with E-state index < -0.39 is 0 Å². The monoisotopic (exact) mass is 222 g/mol. The second kappa shape index (κ2) is 6.01. The van der Waals surface area contributed by atoms with Crippen LogP contribution in [0.2, 0.25) is 0 Å². The van der Waals surface area contributed by atoms with Gasteiger partial charge in [0.15, 0.2) is 0 Å². The van der Waals surface area contributed by atoms with E-state index in [0.29, 0.717) is 6.04 Å². The molecule has 0 amide bonds. The summed E-state index contributed by atoms with van der Waals surface area (Å²) in [5, 5.41) is 11.4. The Morgan fingerprint density at radius 2 is 2.44 bits per heavy atom. The molecule has 2 heterocycles. The van der Waals surface area contributed by atoms with Gasteiger partial charge in [-0.1, -0.05) is 0 Å². The lowest BCUT2D eigenvalue weighted by molar-refractivity contribution is 0.471. The van der Waals surface area contributed by atoms with Crippen LogP contribution in [0.4, 0.5) is 0 Å². The van der Waals surface area contributed by atoms with E-state index in [0.717, 1.165) is 19.5 Å². The highest BCUT2D eigenvalue weighted by Gasteiger charge is 2.10. The van der Waals surface area contributed by atoms with E-state index >= 15 is 0 Å². The van der Waals surface area contributed by atoms with E-state index in [1.54, 1.807) is 0 Å². The van der Waals surface area contributed by atoms with E-state index in [4.69, 9.17) is 0 Å². The fourth-order valence-electron chi connectivity index (χ4n) is 2.22. The highest BCUT2D eigenvalue weighted by atomic mass is 15.2. The van der Waals surface area contributed by atoms with Gasteiger partial charge in [-0.25, -0.2) is 0 Å². The third kappa shape index (κ3) is 3.61. The number of hydrogen-bond acceptors (Lipinski definition) is 3. The normalized spacial score (nSPS) is 21.9. The maximum atomic E-state index is 4.38. The van der Waals surface area contributed by atoms with Crippen molar-refractivity contribution in [1.82, 2.24) is 20.4 Å². The molecule has 0 aliphatic carbocycles. The first kappa shape index (κ1) is 11.6. The lowest BCUT2D eigenvalue weighted by atomic mass is 10.1. The topological polar surface area (TPSA) is 41.9 Å². The summed E-state index contributed by atoms with van der Waals surface area (Å²) in [5.41, 5.74) is 1.18. The molecule has 1 aromatic rings. The second-order valence-corrected chi connectivity index (χ2v) is 4.56. The van der Waals surface area contributed by atoms with E-state index in [1.165, 1.54) is 31.5 Å². The molecule has 1 aliphatic rings. The van der Waals surface area contributed by atoms with Crippen LogP contribution in [0.1, 0.15) is 25.0 Å². The van der Waals surface area contributed by atoms with Crippen molar-refractivity contribution >= 4 is 0 Å². The molecule has 0 spiro atoms. The van der Waals surface area contributed by atoms with Crippen molar-refractivity contribution in [2.45, 2.75) is 31.7 Å². The van der Waals surface area contributed by atoms with E-state index in [2.05, 4.69) is 21.8 Å². The molecule has 2 rings (SSSR count). The molecule has 1 aliphatic heterocycles. The molecule has 0 aromatic carbocycles. The maximum absolute atomic E-state index is 4.38. The van der Waals surface area contributed by atoms with Crippen molar-refractivity contribution in [3.05, 3.63) is 18.0 Å². The van der Waals surface area contributed by atoms with E-state index in [1.807, 2.05) is 17.9 Å². The molecule has 1 aromatic heterocycles. The molecular weight excluding hydrogens is 200 g/mol. The second-order valence-electron chi connectivity index (χ2n) is 4.56. The largest absolute Gasteiger partial charge is 0.317 e. The zero-order valence-corrected chi connectivity index (χ0v) is 10.1. The summed E-state index contributed by atoms with van der Waals surface area (Å²) in [7, 11) is 1.97. The predicted molar refractivity (Wildman–Crippen MR) is 65.4 cm³/mol. The van der Waals surface area contributed by atoms with Gasteiger partial charge < -0.3 is 10.6 Å². The van der Waals surface area contributed by atoms with Gasteiger partial charge in [0, 0.05) is 32.3 Å². The van der Waals surface area contributed by atoms with Crippen LogP contribution in [0, 0.1) is 0 Å². The standard InChI is InChI=1S/C12H22N4/c1-16-10-6-12(15-16)5-9-14-11-3-2-7-13-8-4-11/h6,10-11,13-14H,2-5,7-9H2,1H3. The van der Waals surface area contributed by atoms with Crippen LogP contribution in [0.5, 0.6) is 0 Å². The molecule has 1 unspecified atom stereocenters. The van der Waals surface area contributed by atoms with Crippen molar-refractivity contribution in [3.63, 3.8) is 0 Å². The van der Waals surface area contributed by atoms with Gasteiger partial charge in [-0.2, -0.15) is 5.10 Å². The Labute approximate surface area is 97.4 Å². The van der Waals surface area contributed by atoms with Crippen LogP contribution in [0.15, 0.2) is 12.3 Å². The quantitative estimate of drug-likeness (QED) is 0.788. The summed E-state index contributed by atoms with van der Waals surface area (Å²) in [6.07, 6.45) is 6.88. The summed E-state index contributed by atoms with van der Waals surface area (Å²) >= 11 is 0. The summed E-state index contributed by atoms with van der Waals surface area (Å²) < 4.78 is 1.87. The molecule has 2 N–H and O–H groups in total. The van der Waals surface area contributed by atoms with Crippen molar-refractivity contribution in [1.29, 1.82) is 0 Å². The van der Waals surface area contributed by atoms with Gasteiger partial charge in [-0.05, 0) is 38.4 Å². The van der Waals surface area contributed by atoms with Gasteiger partial charge in [0.25, 0.3) is 0 Å². The summed E-state index contributed by atoms with van der Waals surface area (Å²) in [5.74, 6) is 0. The first-order chi connectivity index (χ1) is 7.84. The van der Waals surface area contributed by atoms with E-state index in [9.17, 15) is 0 Å². The van der Waals surface area contributed by atoms with Crippen molar-refractivity contribution in [3.8, 4) is 0 Å². The smallest absolute Gasteiger partial charge is 0.0637 e. The van der Waals surface area contributed by atoms with Crippen molar-refractivity contribution in [2.75, 3.05) is 19.6 Å². The van der Waals surface area contributed by atoms with Crippen LogP contribution in [-0.2, 0) is 13.5 Å². The highest BCUT2D eigenvalue weighted by molar-refractivity contribution is 4.99. The summed E-state index contributed by atoms with van der Waals surface area (Å²) in [6, 6.07) is 2.79. The molecule has 90 valence electrons. The van der Waals surface area contributed by atoms with Crippen LogP contribution in [0.3, 0.4) is 0 Å². The molecule has 16 heavy (non-hydrogen) atoms. The Bertz CT molecular complexity index is 300. The Morgan fingerprint density at radius 3 is 3.25 bits per heavy atom. The zero-order chi connectivity index (χ0) is 11.2. The van der Waals surface area contributed by atoms with E-state index in [-0.39, 0.29) is 0 Å². The van der Waals surface area contributed by atoms with Gasteiger partial charge >= 0.3 is 0 Å². The first-order valence-electron chi connectivity index (χ1n) is 6.27. The average molecular weight is 222 g/mol. The third-order valence-electron chi connectivity index (χ3n) is 3.16. The van der Waals surface area contributed by atoms with Gasteiger partial charge in [-0.3, -0.25) is 4.68 Å². The number of aromatic nitrogens is 2. The fraction of sp³-hybridized carbons (Fsp3) is 0.750. The third-order valence-corrected chi connectivity index (χ3v) is 3.16. The van der Waals surface area contributed by atoms with Gasteiger partial charge in [0.2, 0.25) is 0 Å². The zero-order valence-electron chi connectivity index (χ0n) is 10.1. The van der Waals surface area contributed by atoms with Crippen LogP contribution >= 0.6 is 0 Å². The minimum absolute atomic E-state index is 0.693. The molecule has 0 saturated carbocycles. The molecule has 0 radical (unpaired) electrons. The molecule has 0 bridgehead atoms. The van der Waals surface area contributed by atoms with Crippen LogP contribution < -0.4 is 10.6 Å². The van der Waals surface area contributed by atoms with Crippen molar-refractivity contribution in [2.24, 2.45) is 7.05 Å². The number of nitrogens with one attached hydrogen (secondary N) is 2. The number of aryl methyl sites for hydroxylation is 1. The molecule has 1 atom stereocenters. The van der Waals surface area contributed by atoms with Gasteiger partial charge in [0.1, 0.15) is 0 Å². The lowest BCUT2D eigenvalue weighted by Gasteiger charge is -2.15. The average Bonchev–Trinajstić information content (AvgIpc) is 2.54. The Balaban J connectivity index is 1.67. The maximum Gasteiger partial charge on any atom is 0.0637 e. The van der Waals surface area contributed by atoms with Crippen LogP contribution in [0.25, 0.3) is 0 Å². The number of hydrogen-bond donors (Lipinski definition) is 2. The highest BCUT2D eigenvalue weighted by Crippen LogP contribution is 2.05.